The maximum absolute atomic E-state index is 12.9. The minimum atomic E-state index is -0.517. The van der Waals surface area contributed by atoms with Gasteiger partial charge in [0.05, 0.1) is 17.4 Å². The molecule has 0 bridgehead atoms. The van der Waals surface area contributed by atoms with E-state index >= 15 is 0 Å². The molecule has 1 fully saturated rings. The van der Waals surface area contributed by atoms with Crippen molar-refractivity contribution in [3.63, 3.8) is 0 Å². The molecule has 2 N–H and O–H groups in total. The Morgan fingerprint density at radius 3 is 2.63 bits per heavy atom. The molecule has 0 aromatic carbocycles. The quantitative estimate of drug-likeness (QED) is 0.663. The second-order valence-corrected chi connectivity index (χ2v) is 11.1. The molecule has 154 valence electrons. The van der Waals surface area contributed by atoms with Gasteiger partial charge in [0, 0.05) is 18.6 Å². The highest BCUT2D eigenvalue weighted by molar-refractivity contribution is 8.17. The molecular formula is C20H34N2O3S2. The van der Waals surface area contributed by atoms with Crippen LogP contribution in [0.4, 0.5) is 0 Å². The summed E-state index contributed by atoms with van der Waals surface area (Å²) in [5.41, 5.74) is -0.336. The average molecular weight is 415 g/mol. The van der Waals surface area contributed by atoms with E-state index in [9.17, 15) is 9.90 Å². The van der Waals surface area contributed by atoms with Gasteiger partial charge in [0.2, 0.25) is 5.91 Å². The van der Waals surface area contributed by atoms with E-state index in [0.29, 0.717) is 11.1 Å². The normalized spacial score (nSPS) is 22.2. The molecule has 5 nitrogen and oxygen atoms in total. The van der Waals surface area contributed by atoms with Crippen molar-refractivity contribution in [2.45, 2.75) is 64.7 Å². The van der Waals surface area contributed by atoms with Crippen LogP contribution in [0.2, 0.25) is 0 Å². The van der Waals surface area contributed by atoms with Gasteiger partial charge in [0.1, 0.15) is 0 Å². The topological polar surface area (TPSA) is 70.9 Å². The second kappa shape index (κ2) is 9.81. The van der Waals surface area contributed by atoms with E-state index in [4.69, 9.17) is 4.74 Å². The van der Waals surface area contributed by atoms with E-state index in [1.807, 2.05) is 27.7 Å². The molecule has 0 spiro atoms. The molecule has 2 aliphatic heterocycles. The molecule has 1 atom stereocenters. The fourth-order valence-corrected chi connectivity index (χ4v) is 5.06. The molecule has 2 heterocycles. The molecular weight excluding hydrogens is 380 g/mol. The average Bonchev–Trinajstić information content (AvgIpc) is 2.66. The van der Waals surface area contributed by atoms with E-state index in [0.717, 1.165) is 43.1 Å². The van der Waals surface area contributed by atoms with Crippen LogP contribution in [0.25, 0.3) is 0 Å². The first-order valence-electron chi connectivity index (χ1n) is 9.80. The molecule has 1 unspecified atom stereocenters. The number of rotatable bonds is 7. The lowest BCUT2D eigenvalue weighted by molar-refractivity contribution is -0.121. The van der Waals surface area contributed by atoms with E-state index in [2.05, 4.69) is 23.3 Å². The summed E-state index contributed by atoms with van der Waals surface area (Å²) in [5, 5.41) is 13.4. The van der Waals surface area contributed by atoms with Crippen molar-refractivity contribution in [2.75, 3.05) is 25.6 Å². The van der Waals surface area contributed by atoms with Crippen molar-refractivity contribution in [1.29, 1.82) is 0 Å². The molecule has 2 rings (SSSR count). The molecule has 27 heavy (non-hydrogen) atoms. The molecule has 0 radical (unpaired) electrons. The van der Waals surface area contributed by atoms with E-state index in [-0.39, 0.29) is 24.0 Å². The number of hydrogen-bond acceptors (Lipinski definition) is 6. The van der Waals surface area contributed by atoms with Crippen molar-refractivity contribution < 1.29 is 14.6 Å². The number of amides is 1. The number of thioether (sulfide) groups is 2. The van der Waals surface area contributed by atoms with Gasteiger partial charge in [-0.2, -0.15) is 0 Å². The lowest BCUT2D eigenvalue weighted by Crippen LogP contribution is -2.43. The van der Waals surface area contributed by atoms with E-state index in [1.54, 1.807) is 11.8 Å². The smallest absolute Gasteiger partial charge is 0.241 e. The minimum absolute atomic E-state index is 0.0104. The van der Waals surface area contributed by atoms with Crippen molar-refractivity contribution in [1.82, 2.24) is 5.32 Å². The van der Waals surface area contributed by atoms with E-state index in [1.165, 1.54) is 11.8 Å². The Morgan fingerprint density at radius 2 is 2.04 bits per heavy atom. The Morgan fingerprint density at radius 1 is 1.37 bits per heavy atom. The van der Waals surface area contributed by atoms with Crippen LogP contribution in [-0.4, -0.2) is 52.5 Å². The van der Waals surface area contributed by atoms with Crippen LogP contribution in [0.3, 0.4) is 0 Å². The zero-order chi connectivity index (χ0) is 20.1. The number of carbonyl (C=O) groups excluding carboxylic acids is 1. The Balaban J connectivity index is 1.97. The van der Waals surface area contributed by atoms with E-state index < -0.39 is 4.75 Å². The summed E-state index contributed by atoms with van der Waals surface area (Å²) in [7, 11) is 0. The zero-order valence-corrected chi connectivity index (χ0v) is 18.8. The predicted molar refractivity (Wildman–Crippen MR) is 116 cm³/mol. The number of hydrogen-bond donors (Lipinski definition) is 2. The van der Waals surface area contributed by atoms with Crippen LogP contribution in [0.15, 0.2) is 16.0 Å². The number of aliphatic imine (C=N–C) groups is 1. The molecule has 7 heteroatoms. The van der Waals surface area contributed by atoms with Crippen LogP contribution in [0.1, 0.15) is 53.9 Å². The summed E-state index contributed by atoms with van der Waals surface area (Å²) < 4.78 is 4.90. The van der Waals surface area contributed by atoms with Crippen molar-refractivity contribution in [3.8, 4) is 0 Å². The minimum Gasteiger partial charge on any atom is -0.395 e. The van der Waals surface area contributed by atoms with Crippen molar-refractivity contribution >= 4 is 34.6 Å². The molecule has 1 saturated heterocycles. The number of carbonyl (C=O) groups is 1. The van der Waals surface area contributed by atoms with Gasteiger partial charge in [-0.05, 0) is 55.8 Å². The van der Waals surface area contributed by atoms with Gasteiger partial charge in [-0.25, -0.2) is 0 Å². The molecule has 2 aliphatic rings. The summed E-state index contributed by atoms with van der Waals surface area (Å²) in [4.78, 5) is 18.6. The Hall–Kier alpha value is -0.500. The fraction of sp³-hybridized carbons (Fsp3) is 0.800. The maximum atomic E-state index is 12.9. The van der Waals surface area contributed by atoms with Gasteiger partial charge in [0.15, 0.2) is 5.17 Å². The molecule has 0 saturated carbocycles. The molecule has 1 amide bonds. The standard InChI is InChI=1S/C20H34N2O3S2/c1-6-15-11-16(19(2,3)13-23)27-18(21-15)22-17(24)20(4,5)26-12-14-7-9-25-10-8-14/h11,14-15,23H,6-10,12-13H2,1-5H3,(H,21,22,24). The van der Waals surface area contributed by atoms with Crippen LogP contribution in [0.5, 0.6) is 0 Å². The fourth-order valence-electron chi connectivity index (χ4n) is 2.79. The number of nitrogens with one attached hydrogen (secondary N) is 1. The Kier molecular flexibility index (Phi) is 8.28. The van der Waals surface area contributed by atoms with Crippen LogP contribution in [0, 0.1) is 11.3 Å². The summed E-state index contributed by atoms with van der Waals surface area (Å²) in [6, 6.07) is 0.0420. The van der Waals surface area contributed by atoms with Gasteiger partial charge in [0.25, 0.3) is 0 Å². The monoisotopic (exact) mass is 414 g/mol. The third-order valence-electron chi connectivity index (χ3n) is 5.10. The first-order valence-corrected chi connectivity index (χ1v) is 11.6. The maximum Gasteiger partial charge on any atom is 0.241 e. The number of aliphatic hydroxyl groups excluding tert-OH is 1. The Bertz CT molecular complexity index is 582. The van der Waals surface area contributed by atoms with Crippen LogP contribution < -0.4 is 5.32 Å². The first kappa shape index (κ1) is 22.8. The van der Waals surface area contributed by atoms with Crippen molar-refractivity contribution in [2.24, 2.45) is 16.3 Å². The van der Waals surface area contributed by atoms with Gasteiger partial charge >= 0.3 is 0 Å². The highest BCUT2D eigenvalue weighted by Gasteiger charge is 2.33. The Labute approximate surface area is 172 Å². The molecule has 0 aliphatic carbocycles. The third kappa shape index (κ3) is 6.51. The summed E-state index contributed by atoms with van der Waals surface area (Å²) in [6.07, 6.45) is 5.14. The van der Waals surface area contributed by atoms with Crippen molar-refractivity contribution in [3.05, 3.63) is 11.0 Å². The van der Waals surface area contributed by atoms with Gasteiger partial charge < -0.3 is 15.2 Å². The highest BCUT2D eigenvalue weighted by Crippen LogP contribution is 2.39. The number of aliphatic hydroxyl groups is 1. The number of amidine groups is 1. The summed E-state index contributed by atoms with van der Waals surface area (Å²) in [5.74, 6) is 1.59. The first-order chi connectivity index (χ1) is 12.7. The van der Waals surface area contributed by atoms with Gasteiger partial charge in [-0.3, -0.25) is 9.79 Å². The number of nitrogens with zero attached hydrogens (tertiary/aromatic N) is 1. The molecule has 0 aromatic rings. The zero-order valence-electron chi connectivity index (χ0n) is 17.2. The predicted octanol–water partition coefficient (Wildman–Crippen LogP) is 3.82. The highest BCUT2D eigenvalue weighted by atomic mass is 32.2. The van der Waals surface area contributed by atoms with Gasteiger partial charge in [-0.1, -0.05) is 32.5 Å². The number of ether oxygens (including phenoxy) is 1. The molecule has 0 aromatic heterocycles. The van der Waals surface area contributed by atoms with Gasteiger partial charge in [-0.15, -0.1) is 11.8 Å². The summed E-state index contributed by atoms with van der Waals surface area (Å²) in [6.45, 7) is 11.8. The third-order valence-corrected chi connectivity index (χ3v) is 7.96. The largest absolute Gasteiger partial charge is 0.395 e. The lowest BCUT2D eigenvalue weighted by Gasteiger charge is -2.31. The summed E-state index contributed by atoms with van der Waals surface area (Å²) >= 11 is 3.18. The van der Waals surface area contributed by atoms with Crippen LogP contribution >= 0.6 is 23.5 Å². The van der Waals surface area contributed by atoms with Crippen LogP contribution in [-0.2, 0) is 9.53 Å². The SMILES string of the molecule is CCC1C=C(C(C)(C)CO)SC(NC(=O)C(C)(C)SCC2CCOCC2)=N1. The lowest BCUT2D eigenvalue weighted by atomic mass is 9.92. The second-order valence-electron chi connectivity index (χ2n) is 8.42.